The van der Waals surface area contributed by atoms with Gasteiger partial charge in [-0.1, -0.05) is 12.1 Å². The van der Waals surface area contributed by atoms with Gasteiger partial charge < -0.3 is 25.0 Å². The lowest BCUT2D eigenvalue weighted by Crippen LogP contribution is -2.42. The van der Waals surface area contributed by atoms with E-state index in [4.69, 9.17) is 9.47 Å². The first-order valence-corrected chi connectivity index (χ1v) is 10.8. The minimum absolute atomic E-state index is 0.00852. The van der Waals surface area contributed by atoms with Crippen molar-refractivity contribution in [1.29, 1.82) is 0 Å². The summed E-state index contributed by atoms with van der Waals surface area (Å²) in [6.07, 6.45) is 2.77. The molecule has 2 aliphatic rings. The summed E-state index contributed by atoms with van der Waals surface area (Å²) < 4.78 is 11.5. The first-order chi connectivity index (χ1) is 14.5. The molecule has 0 spiro atoms. The molecule has 1 saturated heterocycles. The van der Waals surface area contributed by atoms with E-state index < -0.39 is 0 Å². The number of benzene rings is 2. The smallest absolute Gasteiger partial charge is 0.265 e. The summed E-state index contributed by atoms with van der Waals surface area (Å²) >= 11 is 0. The van der Waals surface area contributed by atoms with Crippen LogP contribution in [0.5, 0.6) is 5.75 Å². The Morgan fingerprint density at radius 3 is 2.43 bits per heavy atom. The second kappa shape index (κ2) is 9.06. The molecule has 6 heteroatoms. The molecule has 0 aromatic heterocycles. The Balaban J connectivity index is 1.45. The van der Waals surface area contributed by atoms with Crippen LogP contribution < -0.4 is 20.3 Å². The van der Waals surface area contributed by atoms with Gasteiger partial charge in [-0.15, -0.1) is 0 Å². The standard InChI is InChI=1S/C24H31N3O3/c1-16-12-19(13-17(2)30-16)18-4-6-20(7-5-18)26-21-8-9-22-23(14-21)29-15-24(28)27(22)11-10-25-3/h4-9,14,16-17,19,25-26H,10-13,15H2,1-3H3. The van der Waals surface area contributed by atoms with Gasteiger partial charge in [0, 0.05) is 30.5 Å². The first-order valence-electron chi connectivity index (χ1n) is 10.8. The Hall–Kier alpha value is -2.57. The summed E-state index contributed by atoms with van der Waals surface area (Å²) in [5.74, 6) is 1.28. The molecule has 0 saturated carbocycles. The van der Waals surface area contributed by atoms with Crippen molar-refractivity contribution in [1.82, 2.24) is 5.32 Å². The molecule has 0 aliphatic carbocycles. The number of fused-ring (bicyclic) bond motifs is 1. The molecular formula is C24H31N3O3. The molecule has 1 amide bonds. The maximum atomic E-state index is 12.2. The van der Waals surface area contributed by atoms with Crippen molar-refractivity contribution in [3.8, 4) is 5.75 Å². The van der Waals surface area contributed by atoms with Crippen LogP contribution in [0.15, 0.2) is 42.5 Å². The van der Waals surface area contributed by atoms with Crippen molar-refractivity contribution < 1.29 is 14.3 Å². The Morgan fingerprint density at radius 1 is 1.03 bits per heavy atom. The van der Waals surface area contributed by atoms with Gasteiger partial charge in [0.2, 0.25) is 0 Å². The van der Waals surface area contributed by atoms with Gasteiger partial charge in [-0.25, -0.2) is 0 Å². The van der Waals surface area contributed by atoms with E-state index in [2.05, 4.69) is 48.7 Å². The summed E-state index contributed by atoms with van der Waals surface area (Å²) in [7, 11) is 1.88. The van der Waals surface area contributed by atoms with Gasteiger partial charge in [0.05, 0.1) is 17.9 Å². The molecule has 1 fully saturated rings. The van der Waals surface area contributed by atoms with Crippen molar-refractivity contribution in [3.63, 3.8) is 0 Å². The number of rotatable bonds is 6. The summed E-state index contributed by atoms with van der Waals surface area (Å²) in [6.45, 7) is 5.76. The average Bonchev–Trinajstić information content (AvgIpc) is 2.73. The third-order valence-corrected chi connectivity index (χ3v) is 5.86. The van der Waals surface area contributed by atoms with Gasteiger partial charge in [0.1, 0.15) is 5.75 Å². The number of anilines is 3. The molecule has 6 nitrogen and oxygen atoms in total. The lowest BCUT2D eigenvalue weighted by molar-refractivity contribution is -0.121. The van der Waals surface area contributed by atoms with Crippen LogP contribution in [0.2, 0.25) is 0 Å². The highest BCUT2D eigenvalue weighted by Gasteiger charge is 2.26. The van der Waals surface area contributed by atoms with Crippen LogP contribution in [0, 0.1) is 0 Å². The van der Waals surface area contributed by atoms with Crippen LogP contribution in [0.3, 0.4) is 0 Å². The predicted molar refractivity (Wildman–Crippen MR) is 120 cm³/mol. The van der Waals surface area contributed by atoms with Crippen molar-refractivity contribution >= 4 is 23.0 Å². The second-order valence-electron chi connectivity index (χ2n) is 8.29. The molecule has 2 atom stereocenters. The summed E-state index contributed by atoms with van der Waals surface area (Å²) in [6, 6.07) is 14.6. The highest BCUT2D eigenvalue weighted by atomic mass is 16.5. The van der Waals surface area contributed by atoms with Crippen molar-refractivity contribution in [2.45, 2.75) is 44.8 Å². The van der Waals surface area contributed by atoms with Crippen LogP contribution in [0.4, 0.5) is 17.1 Å². The fourth-order valence-corrected chi connectivity index (χ4v) is 4.43. The van der Waals surface area contributed by atoms with E-state index in [1.165, 1.54) is 5.56 Å². The topological polar surface area (TPSA) is 62.8 Å². The van der Waals surface area contributed by atoms with E-state index in [0.29, 0.717) is 24.7 Å². The van der Waals surface area contributed by atoms with E-state index in [-0.39, 0.29) is 12.5 Å². The summed E-state index contributed by atoms with van der Waals surface area (Å²) in [5.41, 5.74) is 4.17. The van der Waals surface area contributed by atoms with Crippen LogP contribution in [-0.4, -0.2) is 44.9 Å². The minimum atomic E-state index is -0.00852. The highest BCUT2D eigenvalue weighted by molar-refractivity contribution is 5.98. The maximum Gasteiger partial charge on any atom is 0.265 e. The SMILES string of the molecule is CNCCN1C(=O)COc2cc(Nc3ccc(C4CC(C)OC(C)C4)cc3)ccc21. The molecule has 2 N–H and O–H groups in total. The predicted octanol–water partition coefficient (Wildman–Crippen LogP) is 4.05. The Kier molecular flexibility index (Phi) is 6.25. The van der Waals surface area contributed by atoms with Gasteiger partial charge >= 0.3 is 0 Å². The third kappa shape index (κ3) is 4.60. The highest BCUT2D eigenvalue weighted by Crippen LogP contribution is 2.36. The number of amides is 1. The number of hydrogen-bond acceptors (Lipinski definition) is 5. The number of likely N-dealkylation sites (N-methyl/N-ethyl adjacent to an activating group) is 1. The molecule has 0 radical (unpaired) electrons. The van der Waals surface area contributed by atoms with E-state index in [1.807, 2.05) is 25.2 Å². The van der Waals surface area contributed by atoms with Crippen LogP contribution >= 0.6 is 0 Å². The second-order valence-corrected chi connectivity index (χ2v) is 8.29. The molecule has 2 aromatic carbocycles. The quantitative estimate of drug-likeness (QED) is 0.754. The number of carbonyl (C=O) groups excluding carboxylic acids is 1. The molecule has 0 bridgehead atoms. The van der Waals surface area contributed by atoms with E-state index in [0.717, 1.165) is 42.2 Å². The number of hydrogen-bond donors (Lipinski definition) is 2. The largest absolute Gasteiger partial charge is 0.481 e. The van der Waals surface area contributed by atoms with Crippen LogP contribution in [0.1, 0.15) is 38.2 Å². The molecule has 4 rings (SSSR count). The molecule has 30 heavy (non-hydrogen) atoms. The Morgan fingerprint density at radius 2 is 1.73 bits per heavy atom. The molecule has 2 aliphatic heterocycles. The fourth-order valence-electron chi connectivity index (χ4n) is 4.43. The monoisotopic (exact) mass is 409 g/mol. The lowest BCUT2D eigenvalue weighted by atomic mass is 9.86. The normalized spacial score (nSPS) is 23.6. The Bertz CT molecular complexity index is 874. The van der Waals surface area contributed by atoms with Gasteiger partial charge in [-0.3, -0.25) is 4.79 Å². The van der Waals surface area contributed by atoms with Crippen LogP contribution in [-0.2, 0) is 9.53 Å². The zero-order valence-electron chi connectivity index (χ0n) is 18.0. The molecular weight excluding hydrogens is 378 g/mol. The van der Waals surface area contributed by atoms with Crippen molar-refractivity contribution in [3.05, 3.63) is 48.0 Å². The zero-order valence-corrected chi connectivity index (χ0v) is 18.0. The van der Waals surface area contributed by atoms with E-state index >= 15 is 0 Å². The molecule has 2 aromatic rings. The van der Waals surface area contributed by atoms with E-state index in [1.54, 1.807) is 4.90 Å². The van der Waals surface area contributed by atoms with Gasteiger partial charge in [-0.05, 0) is 69.5 Å². The zero-order chi connectivity index (χ0) is 21.1. The van der Waals surface area contributed by atoms with Gasteiger partial charge in [-0.2, -0.15) is 0 Å². The minimum Gasteiger partial charge on any atom is -0.481 e. The third-order valence-electron chi connectivity index (χ3n) is 5.86. The van der Waals surface area contributed by atoms with Crippen molar-refractivity contribution in [2.75, 3.05) is 37.0 Å². The first kappa shape index (κ1) is 20.7. The number of nitrogens with one attached hydrogen (secondary N) is 2. The Labute approximate surface area is 178 Å². The summed E-state index contributed by atoms with van der Waals surface area (Å²) in [5, 5.41) is 6.54. The van der Waals surface area contributed by atoms with E-state index in [9.17, 15) is 4.79 Å². The van der Waals surface area contributed by atoms with Crippen molar-refractivity contribution in [2.24, 2.45) is 0 Å². The molecule has 2 heterocycles. The van der Waals surface area contributed by atoms with Crippen LogP contribution in [0.25, 0.3) is 0 Å². The van der Waals surface area contributed by atoms with Gasteiger partial charge in [0.25, 0.3) is 5.91 Å². The number of nitrogens with zero attached hydrogens (tertiary/aromatic N) is 1. The van der Waals surface area contributed by atoms with Gasteiger partial charge in [0.15, 0.2) is 6.61 Å². The molecule has 160 valence electrons. The fraction of sp³-hybridized carbons (Fsp3) is 0.458. The number of carbonyl (C=O) groups is 1. The summed E-state index contributed by atoms with van der Waals surface area (Å²) in [4.78, 5) is 14.0. The maximum absolute atomic E-state index is 12.2. The number of ether oxygens (including phenoxy) is 2. The molecule has 2 unspecified atom stereocenters. The average molecular weight is 410 g/mol. The lowest BCUT2D eigenvalue weighted by Gasteiger charge is -2.32.